The number of carbonyl (C=O) groups excluding carboxylic acids is 1. The van der Waals surface area contributed by atoms with Gasteiger partial charge < -0.3 is 15.4 Å². The van der Waals surface area contributed by atoms with E-state index in [4.69, 9.17) is 0 Å². The van der Waals surface area contributed by atoms with Gasteiger partial charge in [-0.1, -0.05) is 0 Å². The summed E-state index contributed by atoms with van der Waals surface area (Å²) in [5.74, 6) is 0.374. The second-order valence-electron chi connectivity index (χ2n) is 4.75. The van der Waals surface area contributed by atoms with E-state index in [1.165, 1.54) is 0 Å². The van der Waals surface area contributed by atoms with E-state index in [9.17, 15) is 18.0 Å². The molecule has 0 aromatic heterocycles. The molecule has 112 valence electrons. The van der Waals surface area contributed by atoms with Crippen LogP contribution in [0.4, 0.5) is 13.2 Å². The fourth-order valence-corrected chi connectivity index (χ4v) is 2.03. The quantitative estimate of drug-likeness (QED) is 0.695. The predicted molar refractivity (Wildman–Crippen MR) is 64.7 cm³/mol. The van der Waals surface area contributed by atoms with Crippen LogP contribution in [0.2, 0.25) is 0 Å². The fourth-order valence-electron chi connectivity index (χ4n) is 2.03. The molecule has 1 saturated heterocycles. The summed E-state index contributed by atoms with van der Waals surface area (Å²) < 4.78 is 39.6. The Balaban J connectivity index is 1.95. The van der Waals surface area contributed by atoms with Crippen molar-refractivity contribution < 1.29 is 22.7 Å². The molecule has 0 aromatic rings. The molecule has 4 nitrogen and oxygen atoms in total. The van der Waals surface area contributed by atoms with Crippen LogP contribution in [-0.4, -0.2) is 44.9 Å². The maximum atomic E-state index is 11.8. The molecule has 1 fully saturated rings. The Morgan fingerprint density at radius 1 is 1.32 bits per heavy atom. The third-order valence-corrected chi connectivity index (χ3v) is 3.07. The average molecular weight is 282 g/mol. The lowest BCUT2D eigenvalue weighted by Gasteiger charge is -2.22. The van der Waals surface area contributed by atoms with Gasteiger partial charge in [0.1, 0.15) is 6.61 Å². The zero-order valence-electron chi connectivity index (χ0n) is 10.9. The summed E-state index contributed by atoms with van der Waals surface area (Å²) in [6, 6.07) is 0. The van der Waals surface area contributed by atoms with Crippen molar-refractivity contribution in [3.8, 4) is 0 Å². The summed E-state index contributed by atoms with van der Waals surface area (Å²) in [5, 5.41) is 5.97. The number of alkyl halides is 3. The van der Waals surface area contributed by atoms with Crippen molar-refractivity contribution in [3.63, 3.8) is 0 Å². The molecule has 2 N–H and O–H groups in total. The zero-order chi connectivity index (χ0) is 14.1. The zero-order valence-corrected chi connectivity index (χ0v) is 10.9. The Morgan fingerprint density at radius 3 is 2.63 bits per heavy atom. The first-order valence-electron chi connectivity index (χ1n) is 6.59. The smallest absolute Gasteiger partial charge is 0.372 e. The molecular weight excluding hydrogens is 261 g/mol. The Morgan fingerprint density at radius 2 is 2.00 bits per heavy atom. The highest BCUT2D eigenvalue weighted by Crippen LogP contribution is 2.15. The third-order valence-electron chi connectivity index (χ3n) is 3.07. The molecule has 0 spiro atoms. The van der Waals surface area contributed by atoms with Crippen LogP contribution in [0.1, 0.15) is 25.7 Å². The molecule has 1 aliphatic heterocycles. The molecular formula is C12H21F3N2O2. The molecule has 0 saturated carbocycles. The molecule has 1 aliphatic rings. The molecule has 1 amide bonds. The van der Waals surface area contributed by atoms with E-state index >= 15 is 0 Å². The lowest BCUT2D eigenvalue weighted by molar-refractivity contribution is -0.174. The number of rotatable bonds is 7. The van der Waals surface area contributed by atoms with Gasteiger partial charge in [-0.05, 0) is 38.3 Å². The summed E-state index contributed by atoms with van der Waals surface area (Å²) in [5.41, 5.74) is 0. The maximum Gasteiger partial charge on any atom is 0.411 e. The fraction of sp³-hybridized carbons (Fsp3) is 0.917. The highest BCUT2D eigenvalue weighted by molar-refractivity contribution is 5.75. The lowest BCUT2D eigenvalue weighted by atomic mass is 9.95. The first kappa shape index (κ1) is 16.2. The molecule has 0 radical (unpaired) electrons. The molecule has 7 heteroatoms. The summed E-state index contributed by atoms with van der Waals surface area (Å²) >= 11 is 0. The minimum absolute atomic E-state index is 0.0255. The standard InChI is InChI=1S/C12H21F3N2O2/c13-12(14,15)9-19-8-4-11(18)17-7-3-10-1-5-16-6-2-10/h10,16H,1-9H2,(H,17,18). The second kappa shape index (κ2) is 8.37. The molecule has 0 unspecified atom stereocenters. The van der Waals surface area contributed by atoms with E-state index in [2.05, 4.69) is 15.4 Å². The van der Waals surface area contributed by atoms with Crippen molar-refractivity contribution in [2.24, 2.45) is 5.92 Å². The number of halogens is 3. The van der Waals surface area contributed by atoms with Crippen molar-refractivity contribution in [3.05, 3.63) is 0 Å². The van der Waals surface area contributed by atoms with Gasteiger partial charge in [0.15, 0.2) is 0 Å². The molecule has 0 bridgehead atoms. The minimum Gasteiger partial charge on any atom is -0.372 e. The van der Waals surface area contributed by atoms with Crippen LogP contribution >= 0.6 is 0 Å². The van der Waals surface area contributed by atoms with Crippen molar-refractivity contribution in [1.82, 2.24) is 10.6 Å². The first-order valence-corrected chi connectivity index (χ1v) is 6.59. The highest BCUT2D eigenvalue weighted by Gasteiger charge is 2.27. The summed E-state index contributed by atoms with van der Waals surface area (Å²) in [7, 11) is 0. The van der Waals surface area contributed by atoms with Gasteiger partial charge in [0.25, 0.3) is 0 Å². The van der Waals surface area contributed by atoms with E-state index in [1.807, 2.05) is 0 Å². The van der Waals surface area contributed by atoms with E-state index in [-0.39, 0.29) is 18.9 Å². The number of ether oxygens (including phenoxy) is 1. The second-order valence-corrected chi connectivity index (χ2v) is 4.75. The largest absolute Gasteiger partial charge is 0.411 e. The molecule has 1 rings (SSSR count). The van der Waals surface area contributed by atoms with Crippen molar-refractivity contribution >= 4 is 5.91 Å². The van der Waals surface area contributed by atoms with Crippen LogP contribution in [0.5, 0.6) is 0 Å². The van der Waals surface area contributed by atoms with Gasteiger partial charge in [-0.15, -0.1) is 0 Å². The van der Waals surface area contributed by atoms with Crippen molar-refractivity contribution in [2.75, 3.05) is 32.8 Å². The third kappa shape index (κ3) is 8.83. The van der Waals surface area contributed by atoms with Crippen LogP contribution in [-0.2, 0) is 9.53 Å². The molecule has 0 atom stereocenters. The van der Waals surface area contributed by atoms with Gasteiger partial charge in [0.05, 0.1) is 6.61 Å². The van der Waals surface area contributed by atoms with Crippen LogP contribution in [0.15, 0.2) is 0 Å². The monoisotopic (exact) mass is 282 g/mol. The van der Waals surface area contributed by atoms with Crippen LogP contribution in [0.25, 0.3) is 0 Å². The Labute approximate surface area is 111 Å². The van der Waals surface area contributed by atoms with Crippen LogP contribution < -0.4 is 10.6 Å². The van der Waals surface area contributed by atoms with Crippen molar-refractivity contribution in [1.29, 1.82) is 0 Å². The van der Waals surface area contributed by atoms with Gasteiger partial charge in [-0.2, -0.15) is 13.2 Å². The lowest BCUT2D eigenvalue weighted by Crippen LogP contribution is -2.31. The predicted octanol–water partition coefficient (Wildman–Crippen LogP) is 1.46. The number of carbonyl (C=O) groups is 1. The Hall–Kier alpha value is -0.820. The van der Waals surface area contributed by atoms with Crippen molar-refractivity contribution in [2.45, 2.75) is 31.9 Å². The molecule has 19 heavy (non-hydrogen) atoms. The number of piperidine rings is 1. The number of amides is 1. The Kier molecular flexibility index (Phi) is 7.15. The van der Waals surface area contributed by atoms with E-state index in [1.54, 1.807) is 0 Å². The maximum absolute atomic E-state index is 11.8. The van der Waals surface area contributed by atoms with Crippen LogP contribution in [0.3, 0.4) is 0 Å². The van der Waals surface area contributed by atoms with E-state index < -0.39 is 12.8 Å². The summed E-state index contributed by atoms with van der Waals surface area (Å²) in [4.78, 5) is 11.3. The van der Waals surface area contributed by atoms with Gasteiger partial charge >= 0.3 is 6.18 Å². The number of hydrogen-bond donors (Lipinski definition) is 2. The summed E-state index contributed by atoms with van der Waals surface area (Å²) in [6.45, 7) is 1.13. The molecule has 0 aromatic carbocycles. The Bertz CT molecular complexity index is 266. The highest BCUT2D eigenvalue weighted by atomic mass is 19.4. The topological polar surface area (TPSA) is 50.4 Å². The number of nitrogens with one attached hydrogen (secondary N) is 2. The van der Waals surface area contributed by atoms with Gasteiger partial charge in [-0.3, -0.25) is 4.79 Å². The normalized spacial score (nSPS) is 17.4. The SMILES string of the molecule is O=C(CCOCC(F)(F)F)NCCC1CCNCC1. The molecule has 0 aliphatic carbocycles. The van der Waals surface area contributed by atoms with E-state index in [0.29, 0.717) is 12.5 Å². The molecule has 1 heterocycles. The van der Waals surface area contributed by atoms with Gasteiger partial charge in [0, 0.05) is 13.0 Å². The van der Waals surface area contributed by atoms with Crippen LogP contribution in [0, 0.1) is 5.92 Å². The number of hydrogen-bond acceptors (Lipinski definition) is 3. The average Bonchev–Trinajstić information content (AvgIpc) is 2.35. The summed E-state index contributed by atoms with van der Waals surface area (Å²) in [6.07, 6.45) is -1.19. The van der Waals surface area contributed by atoms with E-state index in [0.717, 1.165) is 32.4 Å². The minimum atomic E-state index is -4.33. The first-order chi connectivity index (χ1) is 8.97. The van der Waals surface area contributed by atoms with Gasteiger partial charge in [-0.25, -0.2) is 0 Å². The van der Waals surface area contributed by atoms with Gasteiger partial charge in [0.2, 0.25) is 5.91 Å².